The number of carbonyl (C=O) groups is 1. The van der Waals surface area contributed by atoms with Crippen LogP contribution in [0.3, 0.4) is 0 Å². The number of pyridine rings is 1. The molecule has 0 saturated heterocycles. The minimum absolute atomic E-state index is 0.0680. The molecule has 3 aromatic rings. The van der Waals surface area contributed by atoms with Crippen molar-refractivity contribution < 1.29 is 14.6 Å². The summed E-state index contributed by atoms with van der Waals surface area (Å²) in [5.74, 6) is 0. The zero-order valence-corrected chi connectivity index (χ0v) is 15.0. The molecule has 2 heterocycles. The molecule has 3 N–H and O–H groups in total. The number of imidazole rings is 1. The maximum Gasteiger partial charge on any atom is 0.411 e. The van der Waals surface area contributed by atoms with Gasteiger partial charge in [-0.25, -0.2) is 9.78 Å². The van der Waals surface area contributed by atoms with Crippen LogP contribution in [0.2, 0.25) is 0 Å². The molecule has 26 heavy (non-hydrogen) atoms. The van der Waals surface area contributed by atoms with Crippen molar-refractivity contribution in [1.29, 1.82) is 0 Å². The lowest BCUT2D eigenvalue weighted by Crippen LogP contribution is -2.14. The quantitative estimate of drug-likeness (QED) is 0.655. The number of ether oxygens (including phenoxy) is 1. The first-order valence-corrected chi connectivity index (χ1v) is 8.30. The second kappa shape index (κ2) is 7.45. The highest BCUT2D eigenvalue weighted by Gasteiger charge is 2.13. The molecule has 0 atom stereocenters. The van der Waals surface area contributed by atoms with Crippen molar-refractivity contribution in [3.63, 3.8) is 0 Å². The van der Waals surface area contributed by atoms with Crippen LogP contribution in [-0.4, -0.2) is 27.7 Å². The third kappa shape index (κ3) is 3.34. The summed E-state index contributed by atoms with van der Waals surface area (Å²) in [5, 5.41) is 15.7. The van der Waals surface area contributed by atoms with Gasteiger partial charge in [-0.05, 0) is 43.2 Å². The number of amides is 1. The largest absolute Gasteiger partial charge is 0.453 e. The fourth-order valence-corrected chi connectivity index (χ4v) is 2.96. The van der Waals surface area contributed by atoms with Crippen molar-refractivity contribution in [1.82, 2.24) is 9.38 Å². The summed E-state index contributed by atoms with van der Waals surface area (Å²) < 4.78 is 6.57. The first-order valence-electron chi connectivity index (χ1n) is 8.30. The topological polar surface area (TPSA) is 87.9 Å². The molecular formula is C19H22N4O3. The van der Waals surface area contributed by atoms with Crippen molar-refractivity contribution in [3.05, 3.63) is 59.0 Å². The molecule has 1 amide bonds. The van der Waals surface area contributed by atoms with Crippen LogP contribution in [0, 0.1) is 13.8 Å². The van der Waals surface area contributed by atoms with Gasteiger partial charge >= 0.3 is 6.09 Å². The number of nitrogens with one attached hydrogen (secondary N) is 2. The Morgan fingerprint density at radius 3 is 2.73 bits per heavy atom. The molecular weight excluding hydrogens is 332 g/mol. The maximum atomic E-state index is 11.6. The number of methoxy groups -OCH3 is 1. The van der Waals surface area contributed by atoms with Crippen LogP contribution in [-0.2, 0) is 17.9 Å². The minimum Gasteiger partial charge on any atom is -0.453 e. The summed E-state index contributed by atoms with van der Waals surface area (Å²) in [4.78, 5) is 16.1. The molecule has 0 aliphatic rings. The van der Waals surface area contributed by atoms with E-state index in [0.717, 1.165) is 33.8 Å². The van der Waals surface area contributed by atoms with Gasteiger partial charge in [-0.1, -0.05) is 12.1 Å². The van der Waals surface area contributed by atoms with E-state index >= 15 is 0 Å². The fourth-order valence-electron chi connectivity index (χ4n) is 2.96. The molecule has 0 saturated carbocycles. The van der Waals surface area contributed by atoms with Gasteiger partial charge < -0.3 is 15.2 Å². The Balaban J connectivity index is 1.90. The predicted molar refractivity (Wildman–Crippen MR) is 100 cm³/mol. The van der Waals surface area contributed by atoms with Crippen LogP contribution in [0.15, 0.2) is 36.5 Å². The summed E-state index contributed by atoms with van der Waals surface area (Å²) in [5.41, 5.74) is 5.89. The molecule has 0 aliphatic heterocycles. The summed E-state index contributed by atoms with van der Waals surface area (Å²) in [6.45, 7) is 4.30. The summed E-state index contributed by atoms with van der Waals surface area (Å²) in [6.07, 6.45) is 1.37. The number of aliphatic hydroxyl groups excluding tert-OH is 1. The van der Waals surface area contributed by atoms with Gasteiger partial charge in [0.2, 0.25) is 0 Å². The van der Waals surface area contributed by atoms with Crippen LogP contribution < -0.4 is 10.6 Å². The molecule has 0 unspecified atom stereocenters. The summed E-state index contributed by atoms with van der Waals surface area (Å²) in [7, 11) is 1.34. The van der Waals surface area contributed by atoms with Crippen LogP contribution in [0.5, 0.6) is 0 Å². The Labute approximate surface area is 151 Å². The molecule has 7 heteroatoms. The van der Waals surface area contributed by atoms with E-state index < -0.39 is 6.09 Å². The molecule has 1 aromatic carbocycles. The van der Waals surface area contributed by atoms with Gasteiger partial charge in [0.1, 0.15) is 0 Å². The van der Waals surface area contributed by atoms with Crippen molar-refractivity contribution in [2.45, 2.75) is 27.0 Å². The van der Waals surface area contributed by atoms with Crippen LogP contribution in [0.25, 0.3) is 5.65 Å². The van der Waals surface area contributed by atoms with Crippen LogP contribution in [0.4, 0.5) is 16.2 Å². The normalized spacial score (nSPS) is 10.8. The molecule has 0 bridgehead atoms. The van der Waals surface area contributed by atoms with E-state index in [4.69, 9.17) is 4.74 Å². The fraction of sp³-hybridized carbons (Fsp3) is 0.263. The Bertz CT molecular complexity index is 949. The van der Waals surface area contributed by atoms with Crippen LogP contribution in [0.1, 0.15) is 22.5 Å². The summed E-state index contributed by atoms with van der Waals surface area (Å²) in [6, 6.07) is 9.56. The zero-order chi connectivity index (χ0) is 18.7. The van der Waals surface area contributed by atoms with E-state index in [9.17, 15) is 9.90 Å². The first-order chi connectivity index (χ1) is 12.5. The highest BCUT2D eigenvalue weighted by molar-refractivity contribution is 5.86. The Kier molecular flexibility index (Phi) is 5.09. The van der Waals surface area contributed by atoms with E-state index in [-0.39, 0.29) is 6.61 Å². The SMILES string of the molecule is COC(=O)Nc1cccc(C)c1CNc1cccn2c(CO)c(C)nc12. The predicted octanol–water partition coefficient (Wildman–Crippen LogP) is 3.23. The minimum atomic E-state index is -0.504. The highest BCUT2D eigenvalue weighted by atomic mass is 16.5. The Morgan fingerprint density at radius 1 is 1.23 bits per heavy atom. The number of anilines is 2. The number of hydrogen-bond acceptors (Lipinski definition) is 5. The number of aromatic nitrogens is 2. The van der Waals surface area contributed by atoms with Gasteiger partial charge in [0.05, 0.1) is 30.8 Å². The van der Waals surface area contributed by atoms with Gasteiger partial charge in [0, 0.05) is 18.4 Å². The molecule has 0 aliphatic carbocycles. The van der Waals surface area contributed by atoms with E-state index in [1.165, 1.54) is 7.11 Å². The lowest BCUT2D eigenvalue weighted by Gasteiger charge is -2.15. The van der Waals surface area contributed by atoms with E-state index in [2.05, 4.69) is 15.6 Å². The number of benzene rings is 1. The molecule has 0 spiro atoms. The number of aryl methyl sites for hydroxylation is 2. The maximum absolute atomic E-state index is 11.6. The third-order valence-corrected chi connectivity index (χ3v) is 4.39. The van der Waals surface area contributed by atoms with Gasteiger partial charge in [0.25, 0.3) is 0 Å². The Hall–Kier alpha value is -3.06. The number of hydrogen-bond donors (Lipinski definition) is 3. The molecule has 0 radical (unpaired) electrons. The van der Waals surface area contributed by atoms with E-state index in [1.807, 2.05) is 54.8 Å². The second-order valence-corrected chi connectivity index (χ2v) is 5.99. The lowest BCUT2D eigenvalue weighted by molar-refractivity contribution is 0.187. The van der Waals surface area contributed by atoms with Gasteiger partial charge in [-0.15, -0.1) is 0 Å². The number of fused-ring (bicyclic) bond motifs is 1. The van der Waals surface area contributed by atoms with Crippen LogP contribution >= 0.6 is 0 Å². The number of nitrogens with zero attached hydrogens (tertiary/aromatic N) is 2. The Morgan fingerprint density at radius 2 is 2.00 bits per heavy atom. The zero-order valence-electron chi connectivity index (χ0n) is 15.0. The standard InChI is InChI=1S/C19H22N4O3/c1-12-6-4-7-15(22-19(25)26-3)14(12)10-20-16-8-5-9-23-17(11-24)13(2)21-18(16)23/h4-9,20,24H,10-11H2,1-3H3,(H,22,25). The molecule has 3 rings (SSSR count). The lowest BCUT2D eigenvalue weighted by atomic mass is 10.1. The molecule has 0 fully saturated rings. The second-order valence-electron chi connectivity index (χ2n) is 5.99. The number of aliphatic hydroxyl groups is 1. The number of rotatable bonds is 5. The van der Waals surface area contributed by atoms with Crippen molar-refractivity contribution in [2.24, 2.45) is 0 Å². The van der Waals surface area contributed by atoms with Crippen molar-refractivity contribution in [2.75, 3.05) is 17.7 Å². The van der Waals surface area contributed by atoms with Crippen molar-refractivity contribution in [3.8, 4) is 0 Å². The average molecular weight is 354 g/mol. The third-order valence-electron chi connectivity index (χ3n) is 4.39. The van der Waals surface area contributed by atoms with E-state index in [0.29, 0.717) is 12.2 Å². The molecule has 7 nitrogen and oxygen atoms in total. The average Bonchev–Trinajstić information content (AvgIpc) is 2.96. The highest BCUT2D eigenvalue weighted by Crippen LogP contribution is 2.24. The molecule has 2 aromatic heterocycles. The van der Waals surface area contributed by atoms with E-state index in [1.54, 1.807) is 0 Å². The monoisotopic (exact) mass is 354 g/mol. The van der Waals surface area contributed by atoms with Crippen molar-refractivity contribution >= 4 is 23.1 Å². The van der Waals surface area contributed by atoms with Gasteiger partial charge in [-0.2, -0.15) is 0 Å². The van der Waals surface area contributed by atoms with Gasteiger partial charge in [-0.3, -0.25) is 9.72 Å². The molecule has 136 valence electrons. The van der Waals surface area contributed by atoms with Gasteiger partial charge in [0.15, 0.2) is 5.65 Å². The summed E-state index contributed by atoms with van der Waals surface area (Å²) >= 11 is 0. The first kappa shape index (κ1) is 17.8. The smallest absolute Gasteiger partial charge is 0.411 e. The number of carbonyl (C=O) groups excluding carboxylic acids is 1.